The van der Waals surface area contributed by atoms with Crippen LogP contribution >= 0.6 is 0 Å². The van der Waals surface area contributed by atoms with Crippen molar-refractivity contribution < 1.29 is 14.6 Å². The van der Waals surface area contributed by atoms with Crippen LogP contribution in [0, 0.1) is 0 Å². The van der Waals surface area contributed by atoms with Crippen molar-refractivity contribution in [2.45, 2.75) is 6.92 Å². The number of methoxy groups -OCH3 is 1. The highest BCUT2D eigenvalue weighted by Gasteiger charge is 2.14. The molecule has 0 heterocycles. The summed E-state index contributed by atoms with van der Waals surface area (Å²) in [5.41, 5.74) is 0.230. The highest BCUT2D eigenvalue weighted by molar-refractivity contribution is 5.97. The number of carbonyl (C=O) groups is 1. The van der Waals surface area contributed by atoms with Crippen LogP contribution in [-0.4, -0.2) is 49.7 Å². The number of aromatic hydroxyl groups is 1. The largest absolute Gasteiger partial charge is 0.504 e. The van der Waals surface area contributed by atoms with Gasteiger partial charge in [0, 0.05) is 13.1 Å². The van der Waals surface area contributed by atoms with Gasteiger partial charge in [-0.3, -0.25) is 4.79 Å². The van der Waals surface area contributed by atoms with Crippen LogP contribution < -0.4 is 10.1 Å². The molecule has 0 saturated carbocycles. The molecule has 1 amide bonds. The average Bonchev–Trinajstić information content (AvgIpc) is 2.38. The smallest absolute Gasteiger partial charge is 0.255 e. The maximum Gasteiger partial charge on any atom is 0.255 e. The van der Waals surface area contributed by atoms with Gasteiger partial charge in [-0.25, -0.2) is 0 Å². The fraction of sp³-hybridized carbons (Fsp3) is 0.462. The molecular formula is C13H20N2O3. The molecular weight excluding hydrogens is 232 g/mol. The maximum atomic E-state index is 11.9. The van der Waals surface area contributed by atoms with Crippen molar-refractivity contribution in [3.05, 3.63) is 23.8 Å². The van der Waals surface area contributed by atoms with Crippen LogP contribution in [0.4, 0.5) is 0 Å². The lowest BCUT2D eigenvalue weighted by molar-refractivity contribution is 0.0947. The molecule has 2 N–H and O–H groups in total. The van der Waals surface area contributed by atoms with E-state index in [-0.39, 0.29) is 17.2 Å². The maximum absolute atomic E-state index is 11.9. The quantitative estimate of drug-likeness (QED) is 0.795. The Labute approximate surface area is 107 Å². The fourth-order valence-electron chi connectivity index (χ4n) is 1.48. The van der Waals surface area contributed by atoms with Crippen molar-refractivity contribution in [3.63, 3.8) is 0 Å². The molecule has 0 aliphatic carbocycles. The third-order valence-corrected chi connectivity index (χ3v) is 2.78. The predicted molar refractivity (Wildman–Crippen MR) is 70.2 cm³/mol. The molecule has 1 aromatic rings. The zero-order valence-electron chi connectivity index (χ0n) is 11.1. The molecule has 0 atom stereocenters. The van der Waals surface area contributed by atoms with Crippen molar-refractivity contribution in [1.82, 2.24) is 10.2 Å². The first-order valence-corrected chi connectivity index (χ1v) is 5.92. The minimum atomic E-state index is -0.295. The van der Waals surface area contributed by atoms with E-state index in [0.29, 0.717) is 12.3 Å². The van der Waals surface area contributed by atoms with E-state index in [9.17, 15) is 9.90 Å². The van der Waals surface area contributed by atoms with Gasteiger partial charge in [0.05, 0.1) is 12.7 Å². The number of amides is 1. The second-order valence-electron chi connectivity index (χ2n) is 4.01. The minimum Gasteiger partial charge on any atom is -0.504 e. The Bertz CT molecular complexity index is 407. The molecule has 0 aromatic heterocycles. The van der Waals surface area contributed by atoms with Crippen molar-refractivity contribution in [3.8, 4) is 11.5 Å². The number of nitrogens with zero attached hydrogens (tertiary/aromatic N) is 1. The monoisotopic (exact) mass is 252 g/mol. The summed E-state index contributed by atoms with van der Waals surface area (Å²) in [6.45, 7) is 4.29. The van der Waals surface area contributed by atoms with E-state index in [1.165, 1.54) is 7.11 Å². The fourth-order valence-corrected chi connectivity index (χ4v) is 1.48. The van der Waals surface area contributed by atoms with Crippen LogP contribution in [0.25, 0.3) is 0 Å². The van der Waals surface area contributed by atoms with Crippen molar-refractivity contribution in [1.29, 1.82) is 0 Å². The lowest BCUT2D eigenvalue weighted by atomic mass is 10.1. The van der Waals surface area contributed by atoms with E-state index in [2.05, 4.69) is 17.1 Å². The molecule has 5 heteroatoms. The molecule has 0 aliphatic rings. The molecule has 0 aliphatic heterocycles. The van der Waals surface area contributed by atoms with Crippen molar-refractivity contribution in [2.24, 2.45) is 0 Å². The van der Waals surface area contributed by atoms with E-state index in [0.717, 1.165) is 13.1 Å². The van der Waals surface area contributed by atoms with Crippen molar-refractivity contribution >= 4 is 5.91 Å². The highest BCUT2D eigenvalue weighted by Crippen LogP contribution is 2.28. The summed E-state index contributed by atoms with van der Waals surface area (Å²) in [5.74, 6) is -0.120. The molecule has 0 radical (unpaired) electrons. The van der Waals surface area contributed by atoms with Crippen molar-refractivity contribution in [2.75, 3.05) is 33.8 Å². The summed E-state index contributed by atoms with van der Waals surface area (Å²) in [5, 5.41) is 12.6. The summed E-state index contributed by atoms with van der Waals surface area (Å²) in [6.07, 6.45) is 0. The van der Waals surface area contributed by atoms with E-state index >= 15 is 0 Å². The summed E-state index contributed by atoms with van der Waals surface area (Å²) in [4.78, 5) is 13.9. The lowest BCUT2D eigenvalue weighted by Gasteiger charge is -2.14. The van der Waals surface area contributed by atoms with Gasteiger partial charge in [0.1, 0.15) is 0 Å². The van der Waals surface area contributed by atoms with Gasteiger partial charge in [-0.15, -0.1) is 0 Å². The van der Waals surface area contributed by atoms with E-state index < -0.39 is 0 Å². The lowest BCUT2D eigenvalue weighted by Crippen LogP contribution is -2.32. The molecule has 18 heavy (non-hydrogen) atoms. The van der Waals surface area contributed by atoms with E-state index in [4.69, 9.17) is 4.74 Å². The number of nitrogens with one attached hydrogen (secondary N) is 1. The topological polar surface area (TPSA) is 61.8 Å². The van der Waals surface area contributed by atoms with E-state index in [1.54, 1.807) is 18.2 Å². The normalized spacial score (nSPS) is 10.4. The highest BCUT2D eigenvalue weighted by atomic mass is 16.5. The molecule has 100 valence electrons. The number of phenols is 1. The molecule has 5 nitrogen and oxygen atoms in total. The van der Waals surface area contributed by atoms with Crippen LogP contribution in [0.15, 0.2) is 18.2 Å². The zero-order chi connectivity index (χ0) is 13.5. The number of likely N-dealkylation sites (N-methyl/N-ethyl adjacent to an activating group) is 1. The van der Waals surface area contributed by atoms with Crippen LogP contribution in [0.1, 0.15) is 17.3 Å². The Morgan fingerprint density at radius 1 is 1.50 bits per heavy atom. The number of hydrogen-bond acceptors (Lipinski definition) is 4. The number of benzene rings is 1. The summed E-state index contributed by atoms with van der Waals surface area (Å²) in [6, 6.07) is 4.85. The Morgan fingerprint density at radius 2 is 2.22 bits per heavy atom. The summed E-state index contributed by atoms with van der Waals surface area (Å²) in [7, 11) is 3.43. The average molecular weight is 252 g/mol. The van der Waals surface area contributed by atoms with Gasteiger partial charge in [-0.05, 0) is 25.7 Å². The van der Waals surface area contributed by atoms with Gasteiger partial charge in [0.2, 0.25) is 0 Å². The summed E-state index contributed by atoms with van der Waals surface area (Å²) < 4.78 is 4.96. The van der Waals surface area contributed by atoms with Gasteiger partial charge in [0.15, 0.2) is 11.5 Å². The Kier molecular flexibility index (Phi) is 5.45. The van der Waals surface area contributed by atoms with Crippen LogP contribution in [0.5, 0.6) is 11.5 Å². The van der Waals surface area contributed by atoms with E-state index in [1.807, 2.05) is 7.05 Å². The molecule has 0 spiro atoms. The number of hydrogen-bond donors (Lipinski definition) is 2. The first-order valence-electron chi connectivity index (χ1n) is 5.92. The van der Waals surface area contributed by atoms with Gasteiger partial charge in [0.25, 0.3) is 5.91 Å². The SMILES string of the molecule is CCN(C)CCNC(=O)c1cccc(OC)c1O. The van der Waals surface area contributed by atoms with Gasteiger partial charge >= 0.3 is 0 Å². The molecule has 0 bridgehead atoms. The predicted octanol–water partition coefficient (Wildman–Crippen LogP) is 1.08. The standard InChI is InChI=1S/C13H20N2O3/c1-4-15(2)9-8-14-13(17)10-6-5-7-11(18-3)12(10)16/h5-7,16H,4,8-9H2,1-3H3,(H,14,17). The van der Waals surface area contributed by atoms with Gasteiger partial charge < -0.3 is 20.1 Å². The Balaban J connectivity index is 2.62. The number of carbonyl (C=O) groups excluding carboxylic acids is 1. The molecule has 1 aromatic carbocycles. The van der Waals surface area contributed by atoms with Crippen LogP contribution in [-0.2, 0) is 0 Å². The third-order valence-electron chi connectivity index (χ3n) is 2.78. The van der Waals surface area contributed by atoms with Crippen LogP contribution in [0.2, 0.25) is 0 Å². The minimum absolute atomic E-state index is 0.124. The number of rotatable bonds is 6. The first kappa shape index (κ1) is 14.3. The zero-order valence-corrected chi connectivity index (χ0v) is 11.1. The number of para-hydroxylation sites is 1. The third kappa shape index (κ3) is 3.63. The first-order chi connectivity index (χ1) is 8.60. The molecule has 0 saturated heterocycles. The summed E-state index contributed by atoms with van der Waals surface area (Å²) >= 11 is 0. The Hall–Kier alpha value is -1.75. The van der Waals surface area contributed by atoms with Crippen LogP contribution in [0.3, 0.4) is 0 Å². The van der Waals surface area contributed by atoms with Gasteiger partial charge in [-0.2, -0.15) is 0 Å². The second kappa shape index (κ2) is 6.86. The Morgan fingerprint density at radius 3 is 2.83 bits per heavy atom. The second-order valence-corrected chi connectivity index (χ2v) is 4.01. The van der Waals surface area contributed by atoms with Gasteiger partial charge in [-0.1, -0.05) is 13.0 Å². The molecule has 0 fully saturated rings. The number of ether oxygens (including phenoxy) is 1. The number of phenolic OH excluding ortho intramolecular Hbond substituents is 1. The molecule has 0 unspecified atom stereocenters. The molecule has 1 rings (SSSR count).